The number of ether oxygens (including phenoxy) is 1. The summed E-state index contributed by atoms with van der Waals surface area (Å²) in [4.78, 5) is 23.4. The van der Waals surface area contributed by atoms with Gasteiger partial charge in [-0.3, -0.25) is 10.1 Å². The Morgan fingerprint density at radius 2 is 1.68 bits per heavy atom. The van der Waals surface area contributed by atoms with Crippen molar-refractivity contribution in [1.82, 2.24) is 10.6 Å². The average Bonchev–Trinajstić information content (AvgIpc) is 3.25. The van der Waals surface area contributed by atoms with Gasteiger partial charge in [0, 0.05) is 0 Å². The third kappa shape index (κ3) is 5.22. The maximum atomic E-state index is 11.8. The first-order chi connectivity index (χ1) is 13.6. The number of nitrogens with one attached hydrogen (secondary N) is 2. The predicted molar refractivity (Wildman–Crippen MR) is 101 cm³/mol. The molecule has 2 aromatic carbocycles. The number of furan rings is 1. The standard InChI is InChI=1S/C21H17N3O4/c22-12-15-3-5-16(6-4-15)17-7-9-18(10-8-17)28-14-20(25)24-21(26)23-13-19-2-1-11-27-19/h1-11H,13-14H2,(H2,23,24,25,26). The second kappa shape index (κ2) is 9.05. The van der Waals surface area contributed by atoms with Crippen LogP contribution in [0.4, 0.5) is 4.79 Å². The van der Waals surface area contributed by atoms with Crippen molar-refractivity contribution in [1.29, 1.82) is 5.26 Å². The normalized spacial score (nSPS) is 9.96. The van der Waals surface area contributed by atoms with Gasteiger partial charge in [-0.1, -0.05) is 24.3 Å². The molecule has 0 radical (unpaired) electrons. The van der Waals surface area contributed by atoms with Crippen molar-refractivity contribution < 1.29 is 18.7 Å². The Hall–Kier alpha value is -4.05. The molecule has 0 bridgehead atoms. The number of rotatable bonds is 6. The van der Waals surface area contributed by atoms with E-state index in [1.165, 1.54) is 6.26 Å². The number of benzene rings is 2. The van der Waals surface area contributed by atoms with Crippen LogP contribution in [0, 0.1) is 11.3 Å². The quantitative estimate of drug-likeness (QED) is 0.688. The van der Waals surface area contributed by atoms with Gasteiger partial charge < -0.3 is 14.5 Å². The molecule has 7 nitrogen and oxygen atoms in total. The molecule has 3 rings (SSSR count). The van der Waals surface area contributed by atoms with E-state index in [1.54, 1.807) is 36.4 Å². The van der Waals surface area contributed by atoms with Crippen LogP contribution in [0.25, 0.3) is 11.1 Å². The van der Waals surface area contributed by atoms with E-state index >= 15 is 0 Å². The number of carbonyl (C=O) groups excluding carboxylic acids is 2. The van der Waals surface area contributed by atoms with Crippen molar-refractivity contribution in [2.24, 2.45) is 0 Å². The molecule has 2 N–H and O–H groups in total. The molecule has 0 saturated heterocycles. The van der Waals surface area contributed by atoms with E-state index in [9.17, 15) is 9.59 Å². The van der Waals surface area contributed by atoms with E-state index in [1.807, 2.05) is 24.3 Å². The van der Waals surface area contributed by atoms with Crippen molar-refractivity contribution in [2.75, 3.05) is 6.61 Å². The van der Waals surface area contributed by atoms with Crippen LogP contribution in [0.15, 0.2) is 71.3 Å². The van der Waals surface area contributed by atoms with Crippen molar-refractivity contribution in [3.05, 3.63) is 78.3 Å². The van der Waals surface area contributed by atoms with E-state index in [-0.39, 0.29) is 13.2 Å². The SMILES string of the molecule is N#Cc1ccc(-c2ccc(OCC(=O)NC(=O)NCc3ccco3)cc2)cc1. The second-order valence-electron chi connectivity index (χ2n) is 5.81. The minimum absolute atomic E-state index is 0.184. The van der Waals surface area contributed by atoms with Gasteiger partial charge in [-0.05, 0) is 47.5 Å². The number of amides is 3. The molecule has 0 aliphatic rings. The molecule has 0 aliphatic carbocycles. The van der Waals surface area contributed by atoms with E-state index in [4.69, 9.17) is 14.4 Å². The number of carbonyl (C=O) groups is 2. The molecule has 1 heterocycles. The lowest BCUT2D eigenvalue weighted by molar-refractivity contribution is -0.122. The molecule has 3 amide bonds. The Labute approximate surface area is 161 Å². The van der Waals surface area contributed by atoms with Gasteiger partial charge in [-0.15, -0.1) is 0 Å². The fraction of sp³-hybridized carbons (Fsp3) is 0.0952. The number of nitriles is 1. The first kappa shape index (κ1) is 18.7. The number of urea groups is 1. The molecular weight excluding hydrogens is 358 g/mol. The van der Waals surface area contributed by atoms with Gasteiger partial charge >= 0.3 is 6.03 Å². The van der Waals surface area contributed by atoms with Gasteiger partial charge in [0.25, 0.3) is 5.91 Å². The highest BCUT2D eigenvalue weighted by Crippen LogP contribution is 2.22. The molecule has 0 unspecified atom stereocenters. The Bertz CT molecular complexity index is 972. The first-order valence-electron chi connectivity index (χ1n) is 8.47. The summed E-state index contributed by atoms with van der Waals surface area (Å²) < 4.78 is 10.5. The van der Waals surface area contributed by atoms with Crippen molar-refractivity contribution in [3.8, 4) is 22.9 Å². The van der Waals surface area contributed by atoms with Crippen LogP contribution in [0.2, 0.25) is 0 Å². The molecule has 140 valence electrons. The van der Waals surface area contributed by atoms with Gasteiger partial charge in [0.15, 0.2) is 6.61 Å². The zero-order chi connectivity index (χ0) is 19.8. The Morgan fingerprint density at radius 1 is 1.00 bits per heavy atom. The van der Waals surface area contributed by atoms with Crippen LogP contribution in [0.1, 0.15) is 11.3 Å². The van der Waals surface area contributed by atoms with Crippen LogP contribution < -0.4 is 15.4 Å². The van der Waals surface area contributed by atoms with Crippen LogP contribution in [-0.2, 0) is 11.3 Å². The largest absolute Gasteiger partial charge is 0.484 e. The minimum Gasteiger partial charge on any atom is -0.484 e. The molecule has 28 heavy (non-hydrogen) atoms. The molecule has 7 heteroatoms. The summed E-state index contributed by atoms with van der Waals surface area (Å²) in [6.07, 6.45) is 1.50. The Kier molecular flexibility index (Phi) is 6.06. The van der Waals surface area contributed by atoms with Crippen LogP contribution in [0.5, 0.6) is 5.75 Å². The third-order valence-corrected chi connectivity index (χ3v) is 3.83. The van der Waals surface area contributed by atoms with E-state index < -0.39 is 11.9 Å². The summed E-state index contributed by atoms with van der Waals surface area (Å²) in [7, 11) is 0. The molecule has 3 aromatic rings. The smallest absolute Gasteiger partial charge is 0.321 e. The third-order valence-electron chi connectivity index (χ3n) is 3.83. The van der Waals surface area contributed by atoms with Crippen molar-refractivity contribution >= 4 is 11.9 Å². The molecule has 0 fully saturated rings. The maximum Gasteiger partial charge on any atom is 0.321 e. The van der Waals surface area contributed by atoms with Gasteiger partial charge in [0.1, 0.15) is 11.5 Å². The highest BCUT2D eigenvalue weighted by atomic mass is 16.5. The monoisotopic (exact) mass is 375 g/mol. The Morgan fingerprint density at radius 3 is 2.29 bits per heavy atom. The number of imide groups is 1. The summed E-state index contributed by atoms with van der Waals surface area (Å²) in [5.41, 5.74) is 2.53. The fourth-order valence-electron chi connectivity index (χ4n) is 2.42. The number of hydrogen-bond donors (Lipinski definition) is 2. The van der Waals surface area contributed by atoms with Crippen molar-refractivity contribution in [2.45, 2.75) is 6.54 Å². The Balaban J connectivity index is 1.45. The molecule has 0 saturated carbocycles. The van der Waals surface area contributed by atoms with Crippen LogP contribution in [0.3, 0.4) is 0 Å². The second-order valence-corrected chi connectivity index (χ2v) is 5.81. The molecule has 0 aliphatic heterocycles. The predicted octanol–water partition coefficient (Wildman–Crippen LogP) is 3.22. The van der Waals surface area contributed by atoms with E-state index in [0.717, 1.165) is 11.1 Å². The summed E-state index contributed by atoms with van der Waals surface area (Å²) in [5, 5.41) is 13.5. The number of hydrogen-bond acceptors (Lipinski definition) is 5. The minimum atomic E-state index is -0.624. The van der Waals surface area contributed by atoms with Gasteiger partial charge in [-0.2, -0.15) is 5.26 Å². The molecule has 0 atom stereocenters. The first-order valence-corrected chi connectivity index (χ1v) is 8.47. The van der Waals surface area contributed by atoms with Gasteiger partial charge in [0.2, 0.25) is 0 Å². The van der Waals surface area contributed by atoms with Crippen molar-refractivity contribution in [3.63, 3.8) is 0 Å². The fourth-order valence-corrected chi connectivity index (χ4v) is 2.42. The maximum absolute atomic E-state index is 11.8. The van der Waals surface area contributed by atoms with Crippen LogP contribution in [-0.4, -0.2) is 18.5 Å². The highest BCUT2D eigenvalue weighted by Gasteiger charge is 2.09. The molecular formula is C21H17N3O4. The lowest BCUT2D eigenvalue weighted by atomic mass is 10.0. The zero-order valence-electron chi connectivity index (χ0n) is 14.8. The topological polar surface area (TPSA) is 104 Å². The van der Waals surface area contributed by atoms with Gasteiger partial charge in [-0.25, -0.2) is 4.79 Å². The van der Waals surface area contributed by atoms with E-state index in [0.29, 0.717) is 17.1 Å². The average molecular weight is 375 g/mol. The summed E-state index contributed by atoms with van der Waals surface area (Å²) >= 11 is 0. The number of nitrogens with zero attached hydrogens (tertiary/aromatic N) is 1. The molecule has 1 aromatic heterocycles. The highest BCUT2D eigenvalue weighted by molar-refractivity contribution is 5.94. The summed E-state index contributed by atoms with van der Waals surface area (Å²) in [6, 6.07) is 19.3. The zero-order valence-corrected chi connectivity index (χ0v) is 14.8. The van der Waals surface area contributed by atoms with E-state index in [2.05, 4.69) is 16.7 Å². The lowest BCUT2D eigenvalue weighted by Crippen LogP contribution is -2.41. The summed E-state index contributed by atoms with van der Waals surface area (Å²) in [6.45, 7) is -0.103. The summed E-state index contributed by atoms with van der Waals surface area (Å²) in [5.74, 6) is 0.526. The van der Waals surface area contributed by atoms with Gasteiger partial charge in [0.05, 0.1) is 24.4 Å². The molecule has 0 spiro atoms. The lowest BCUT2D eigenvalue weighted by Gasteiger charge is -2.08. The van der Waals surface area contributed by atoms with Crippen LogP contribution >= 0.6 is 0 Å².